The summed E-state index contributed by atoms with van der Waals surface area (Å²) in [6.07, 6.45) is 0. The number of methoxy groups -OCH3 is 1. The van der Waals surface area contributed by atoms with Gasteiger partial charge in [0.1, 0.15) is 11.5 Å². The first-order valence-corrected chi connectivity index (χ1v) is 7.71. The molecule has 0 aliphatic carbocycles. The van der Waals surface area contributed by atoms with E-state index in [4.69, 9.17) is 4.74 Å². The highest BCUT2D eigenvalue weighted by Gasteiger charge is 2.11. The Balaban J connectivity index is 0.00000625. The lowest BCUT2D eigenvalue weighted by atomic mass is 10.2. The largest absolute Gasteiger partial charge is 0.497 e. The van der Waals surface area contributed by atoms with Crippen LogP contribution < -0.4 is 20.1 Å². The maximum Gasteiger partial charge on any atom is 0.387 e. The van der Waals surface area contributed by atoms with Gasteiger partial charge in [0.25, 0.3) is 0 Å². The van der Waals surface area contributed by atoms with Crippen LogP contribution in [0.4, 0.5) is 8.78 Å². The van der Waals surface area contributed by atoms with Crippen molar-refractivity contribution in [2.75, 3.05) is 34.3 Å². The molecule has 2 N–H and O–H groups in total. The predicted molar refractivity (Wildman–Crippen MR) is 107 cm³/mol. The Labute approximate surface area is 169 Å². The highest BCUT2D eigenvalue weighted by molar-refractivity contribution is 14.0. The number of amides is 1. The summed E-state index contributed by atoms with van der Waals surface area (Å²) in [7, 11) is 4.78. The zero-order chi connectivity index (χ0) is 18.8. The van der Waals surface area contributed by atoms with E-state index < -0.39 is 6.61 Å². The topological polar surface area (TPSA) is 75.2 Å². The fraction of sp³-hybridized carbons (Fsp3) is 0.500. The highest BCUT2D eigenvalue weighted by Crippen LogP contribution is 2.26. The number of nitrogens with one attached hydrogen (secondary N) is 2. The summed E-state index contributed by atoms with van der Waals surface area (Å²) in [5, 5.41) is 5.87. The van der Waals surface area contributed by atoms with Gasteiger partial charge in [0.2, 0.25) is 5.91 Å². The summed E-state index contributed by atoms with van der Waals surface area (Å²) in [5.41, 5.74) is 0.441. The van der Waals surface area contributed by atoms with Crippen molar-refractivity contribution in [1.82, 2.24) is 15.5 Å². The van der Waals surface area contributed by atoms with E-state index in [2.05, 4.69) is 20.4 Å². The van der Waals surface area contributed by atoms with E-state index in [-0.39, 0.29) is 48.7 Å². The lowest BCUT2D eigenvalue weighted by molar-refractivity contribution is -0.127. The van der Waals surface area contributed by atoms with Crippen molar-refractivity contribution in [3.05, 3.63) is 23.8 Å². The molecule has 10 heteroatoms. The number of nitrogens with zero attached hydrogens (tertiary/aromatic N) is 2. The number of aliphatic imine (C=N–C) groups is 1. The van der Waals surface area contributed by atoms with Gasteiger partial charge in [-0.1, -0.05) is 0 Å². The fourth-order valence-electron chi connectivity index (χ4n) is 1.84. The van der Waals surface area contributed by atoms with E-state index in [0.717, 1.165) is 0 Å². The Morgan fingerprint density at radius 2 is 2.00 bits per heavy atom. The molecular formula is C16H25F2IN4O3. The zero-order valence-corrected chi connectivity index (χ0v) is 17.5. The summed E-state index contributed by atoms with van der Waals surface area (Å²) in [6, 6.07) is 4.52. The van der Waals surface area contributed by atoms with Gasteiger partial charge in [0.05, 0.1) is 20.2 Å². The number of rotatable bonds is 8. The molecule has 1 aromatic carbocycles. The summed E-state index contributed by atoms with van der Waals surface area (Å²) >= 11 is 0. The number of carbonyl (C=O) groups is 1. The Kier molecular flexibility index (Phi) is 11.6. The van der Waals surface area contributed by atoms with Crippen LogP contribution in [0.25, 0.3) is 0 Å². The molecule has 0 bridgehead atoms. The minimum absolute atomic E-state index is 0. The molecule has 0 aliphatic heterocycles. The Hall–Kier alpha value is -1.85. The van der Waals surface area contributed by atoms with Gasteiger partial charge in [-0.15, -0.1) is 24.0 Å². The van der Waals surface area contributed by atoms with Crippen LogP contribution in [0.5, 0.6) is 11.5 Å². The van der Waals surface area contributed by atoms with Gasteiger partial charge >= 0.3 is 6.61 Å². The van der Waals surface area contributed by atoms with Crippen LogP contribution in [0.3, 0.4) is 0 Å². The maximum atomic E-state index is 12.5. The molecule has 0 spiro atoms. The van der Waals surface area contributed by atoms with Gasteiger partial charge < -0.3 is 25.0 Å². The standard InChI is InChI=1S/C16H24F2N4O3.HI/c1-5-19-16(21-10-14(23)22(2)3)20-9-11-8-12(24-4)6-7-13(11)25-15(17)18;/h6-8,15H,5,9-10H2,1-4H3,(H2,19,20,21);1H. The minimum Gasteiger partial charge on any atom is -0.497 e. The van der Waals surface area contributed by atoms with Gasteiger partial charge in [-0.05, 0) is 25.1 Å². The quantitative estimate of drug-likeness (QED) is 0.335. The van der Waals surface area contributed by atoms with Crippen LogP contribution in [0.2, 0.25) is 0 Å². The number of alkyl halides is 2. The molecule has 0 saturated carbocycles. The molecule has 0 atom stereocenters. The average Bonchev–Trinajstić information content (AvgIpc) is 2.57. The number of carbonyl (C=O) groups excluding carboxylic acids is 1. The zero-order valence-electron chi connectivity index (χ0n) is 15.2. The van der Waals surface area contributed by atoms with E-state index in [1.807, 2.05) is 6.92 Å². The Bertz CT molecular complexity index is 601. The van der Waals surface area contributed by atoms with Crippen molar-refractivity contribution in [2.45, 2.75) is 20.1 Å². The van der Waals surface area contributed by atoms with Crippen molar-refractivity contribution in [1.29, 1.82) is 0 Å². The van der Waals surface area contributed by atoms with Crippen LogP contribution in [0, 0.1) is 0 Å². The van der Waals surface area contributed by atoms with Crippen molar-refractivity contribution >= 4 is 35.8 Å². The van der Waals surface area contributed by atoms with Crippen LogP contribution in [0.15, 0.2) is 23.2 Å². The number of likely N-dealkylation sites (N-methyl/N-ethyl adjacent to an activating group) is 1. The third kappa shape index (κ3) is 8.50. The molecular weight excluding hydrogens is 461 g/mol. The summed E-state index contributed by atoms with van der Waals surface area (Å²) in [5.74, 6) is 0.810. The van der Waals surface area contributed by atoms with Crippen molar-refractivity contribution in [2.24, 2.45) is 4.99 Å². The Morgan fingerprint density at radius 3 is 2.54 bits per heavy atom. The lowest BCUT2D eigenvalue weighted by Gasteiger charge is -2.15. The fourth-order valence-corrected chi connectivity index (χ4v) is 1.84. The number of hydrogen-bond donors (Lipinski definition) is 2. The van der Waals surface area contributed by atoms with Crippen molar-refractivity contribution in [3.8, 4) is 11.5 Å². The molecule has 0 heterocycles. The third-order valence-corrected chi connectivity index (χ3v) is 3.14. The van der Waals surface area contributed by atoms with Crippen molar-refractivity contribution < 1.29 is 23.0 Å². The normalized spacial score (nSPS) is 10.8. The summed E-state index contributed by atoms with van der Waals surface area (Å²) in [4.78, 5) is 17.4. The number of benzene rings is 1. The summed E-state index contributed by atoms with van der Waals surface area (Å²) in [6.45, 7) is -0.329. The molecule has 0 radical (unpaired) electrons. The van der Waals surface area contributed by atoms with Crippen LogP contribution in [-0.4, -0.2) is 57.7 Å². The molecule has 0 aromatic heterocycles. The maximum absolute atomic E-state index is 12.5. The number of ether oxygens (including phenoxy) is 2. The highest BCUT2D eigenvalue weighted by atomic mass is 127. The van der Waals surface area contributed by atoms with E-state index in [0.29, 0.717) is 23.8 Å². The first kappa shape index (κ1) is 24.1. The number of guanidine groups is 1. The molecule has 26 heavy (non-hydrogen) atoms. The lowest BCUT2D eigenvalue weighted by Crippen LogP contribution is -2.42. The second-order valence-corrected chi connectivity index (χ2v) is 5.19. The second kappa shape index (κ2) is 12.5. The van der Waals surface area contributed by atoms with E-state index in [1.54, 1.807) is 20.2 Å². The van der Waals surface area contributed by atoms with Gasteiger partial charge in [-0.25, -0.2) is 4.99 Å². The van der Waals surface area contributed by atoms with Gasteiger partial charge in [0, 0.05) is 26.2 Å². The smallest absolute Gasteiger partial charge is 0.387 e. The molecule has 148 valence electrons. The van der Waals surface area contributed by atoms with E-state index >= 15 is 0 Å². The Morgan fingerprint density at radius 1 is 1.31 bits per heavy atom. The summed E-state index contributed by atoms with van der Waals surface area (Å²) < 4.78 is 34.7. The predicted octanol–water partition coefficient (Wildman–Crippen LogP) is 2.06. The van der Waals surface area contributed by atoms with E-state index in [1.165, 1.54) is 24.1 Å². The molecule has 0 unspecified atom stereocenters. The molecule has 1 rings (SSSR count). The van der Waals surface area contributed by atoms with Crippen LogP contribution >= 0.6 is 24.0 Å². The van der Waals surface area contributed by atoms with Gasteiger partial charge in [-0.2, -0.15) is 8.78 Å². The molecule has 0 saturated heterocycles. The SMILES string of the molecule is CCNC(=NCc1cc(OC)ccc1OC(F)F)NCC(=O)N(C)C.I. The second-order valence-electron chi connectivity index (χ2n) is 5.19. The monoisotopic (exact) mass is 486 g/mol. The first-order chi connectivity index (χ1) is 11.9. The molecule has 1 amide bonds. The van der Waals surface area contributed by atoms with Crippen LogP contribution in [-0.2, 0) is 11.3 Å². The molecule has 0 fully saturated rings. The van der Waals surface area contributed by atoms with Crippen LogP contribution in [0.1, 0.15) is 12.5 Å². The average molecular weight is 486 g/mol. The molecule has 7 nitrogen and oxygen atoms in total. The van der Waals surface area contributed by atoms with Crippen molar-refractivity contribution in [3.63, 3.8) is 0 Å². The minimum atomic E-state index is -2.93. The number of hydrogen-bond acceptors (Lipinski definition) is 4. The number of halogens is 3. The molecule has 1 aromatic rings. The molecule has 0 aliphatic rings. The van der Waals surface area contributed by atoms with Gasteiger partial charge in [0.15, 0.2) is 5.96 Å². The first-order valence-electron chi connectivity index (χ1n) is 7.71. The third-order valence-electron chi connectivity index (χ3n) is 3.14. The van der Waals surface area contributed by atoms with E-state index in [9.17, 15) is 13.6 Å². The van der Waals surface area contributed by atoms with Gasteiger partial charge in [-0.3, -0.25) is 4.79 Å².